The molecule has 0 spiro atoms. The van der Waals surface area contributed by atoms with E-state index in [9.17, 15) is 9.18 Å². The highest BCUT2D eigenvalue weighted by Crippen LogP contribution is 2.20. The molecule has 1 radical (unpaired) electrons. The van der Waals surface area contributed by atoms with Gasteiger partial charge in [-0.15, -0.1) is 0 Å². The first-order valence-corrected chi connectivity index (χ1v) is 3.99. The lowest BCUT2D eigenvalue weighted by Crippen LogP contribution is -2.20. The number of primary amides is 1. The summed E-state index contributed by atoms with van der Waals surface area (Å²) in [5.41, 5.74) is 5.19. The van der Waals surface area contributed by atoms with E-state index in [4.69, 9.17) is 17.3 Å². The molecule has 0 aliphatic heterocycles. The van der Waals surface area contributed by atoms with Crippen molar-refractivity contribution in [2.75, 3.05) is 0 Å². The minimum atomic E-state index is -0.638. The largest absolute Gasteiger partial charge is 0.369 e. The van der Waals surface area contributed by atoms with E-state index in [0.29, 0.717) is 5.02 Å². The molecule has 13 heavy (non-hydrogen) atoms. The van der Waals surface area contributed by atoms with Crippen LogP contribution in [0.4, 0.5) is 4.39 Å². The number of nitrogens with two attached hydrogens (primary N) is 1. The summed E-state index contributed by atoms with van der Waals surface area (Å²) >= 11 is 5.54. The number of amides is 1. The van der Waals surface area contributed by atoms with Crippen LogP contribution in [0.1, 0.15) is 12.5 Å². The number of halogens is 2. The van der Waals surface area contributed by atoms with Gasteiger partial charge in [0.2, 0.25) is 5.91 Å². The Labute approximate surface area is 80.5 Å². The maximum Gasteiger partial charge on any atom is 0.229 e. The highest BCUT2D eigenvalue weighted by Gasteiger charge is 2.16. The highest BCUT2D eigenvalue weighted by molar-refractivity contribution is 6.30. The Morgan fingerprint density at radius 1 is 1.54 bits per heavy atom. The maximum absolute atomic E-state index is 13.1. The zero-order valence-electron chi connectivity index (χ0n) is 6.97. The van der Waals surface area contributed by atoms with Gasteiger partial charge in [0, 0.05) is 10.6 Å². The molecule has 1 aromatic carbocycles. The molecule has 0 unspecified atom stereocenters. The van der Waals surface area contributed by atoms with Gasteiger partial charge in [0.1, 0.15) is 5.82 Å². The van der Waals surface area contributed by atoms with Crippen LogP contribution in [-0.2, 0) is 4.79 Å². The summed E-state index contributed by atoms with van der Waals surface area (Å²) in [6, 6.07) is 4.08. The van der Waals surface area contributed by atoms with Crippen molar-refractivity contribution in [3.05, 3.63) is 40.5 Å². The lowest BCUT2D eigenvalue weighted by Gasteiger charge is -2.07. The third kappa shape index (κ3) is 2.18. The smallest absolute Gasteiger partial charge is 0.229 e. The minimum Gasteiger partial charge on any atom is -0.369 e. The van der Waals surface area contributed by atoms with Gasteiger partial charge in [0.25, 0.3) is 0 Å². The Morgan fingerprint density at radius 2 is 2.15 bits per heavy atom. The summed E-state index contributed by atoms with van der Waals surface area (Å²) < 4.78 is 13.1. The molecule has 0 aromatic heterocycles. The van der Waals surface area contributed by atoms with E-state index in [-0.39, 0.29) is 11.5 Å². The molecule has 1 rings (SSSR count). The third-order valence-electron chi connectivity index (χ3n) is 1.70. The SMILES string of the molecule is C[C](C(N)=O)c1ccc(Cl)cc1F. The Balaban J connectivity index is 3.08. The molecule has 1 amide bonds. The van der Waals surface area contributed by atoms with E-state index in [2.05, 4.69) is 0 Å². The Kier molecular flexibility index (Phi) is 2.88. The van der Waals surface area contributed by atoms with Crippen molar-refractivity contribution in [1.29, 1.82) is 0 Å². The van der Waals surface area contributed by atoms with E-state index in [1.807, 2.05) is 0 Å². The molecule has 1 aromatic rings. The van der Waals surface area contributed by atoms with Crippen molar-refractivity contribution in [3.63, 3.8) is 0 Å². The normalized spacial score (nSPS) is 10.5. The molecule has 0 saturated carbocycles. The van der Waals surface area contributed by atoms with Gasteiger partial charge in [-0.05, 0) is 19.1 Å². The fourth-order valence-electron chi connectivity index (χ4n) is 0.926. The Bertz CT molecular complexity index is 340. The van der Waals surface area contributed by atoms with Crippen LogP contribution in [0.5, 0.6) is 0 Å². The summed E-state index contributed by atoms with van der Waals surface area (Å²) in [4.78, 5) is 10.7. The second-order valence-corrected chi connectivity index (χ2v) is 3.05. The predicted molar refractivity (Wildman–Crippen MR) is 48.6 cm³/mol. The fourth-order valence-corrected chi connectivity index (χ4v) is 1.09. The number of hydrogen-bond acceptors (Lipinski definition) is 1. The summed E-state index contributed by atoms with van der Waals surface area (Å²) in [6.45, 7) is 1.47. The molecule has 69 valence electrons. The minimum absolute atomic E-state index is 0.189. The Hall–Kier alpha value is -1.09. The second kappa shape index (κ2) is 3.75. The molecule has 4 heteroatoms. The molecular formula is C9H8ClFNO. The average molecular weight is 201 g/mol. The van der Waals surface area contributed by atoms with E-state index >= 15 is 0 Å². The van der Waals surface area contributed by atoms with Crippen LogP contribution in [0.2, 0.25) is 5.02 Å². The van der Waals surface area contributed by atoms with Gasteiger partial charge >= 0.3 is 0 Å². The van der Waals surface area contributed by atoms with Crippen molar-refractivity contribution in [2.24, 2.45) is 5.73 Å². The van der Waals surface area contributed by atoms with Gasteiger partial charge < -0.3 is 5.73 Å². The second-order valence-electron chi connectivity index (χ2n) is 2.61. The quantitative estimate of drug-likeness (QED) is 0.779. The zero-order chi connectivity index (χ0) is 10.0. The van der Waals surface area contributed by atoms with Crippen molar-refractivity contribution >= 4 is 17.5 Å². The van der Waals surface area contributed by atoms with Crippen molar-refractivity contribution < 1.29 is 9.18 Å². The first-order chi connectivity index (χ1) is 6.02. The summed E-state index contributed by atoms with van der Waals surface area (Å²) in [7, 11) is 0. The maximum atomic E-state index is 13.1. The molecule has 0 saturated heterocycles. The molecule has 0 aliphatic rings. The highest BCUT2D eigenvalue weighted by atomic mass is 35.5. The van der Waals surface area contributed by atoms with Crippen LogP contribution in [0, 0.1) is 11.7 Å². The zero-order valence-corrected chi connectivity index (χ0v) is 7.73. The summed E-state index contributed by atoms with van der Waals surface area (Å²) in [5.74, 6) is -0.987. The molecule has 2 nitrogen and oxygen atoms in total. The first-order valence-electron chi connectivity index (χ1n) is 3.61. The van der Waals surface area contributed by atoms with Crippen molar-refractivity contribution in [1.82, 2.24) is 0 Å². The molecule has 0 aliphatic carbocycles. The topological polar surface area (TPSA) is 43.1 Å². The molecular weight excluding hydrogens is 193 g/mol. The number of rotatable bonds is 2. The molecule has 0 fully saturated rings. The van der Waals surface area contributed by atoms with E-state index < -0.39 is 11.7 Å². The molecule has 2 N–H and O–H groups in total. The lowest BCUT2D eigenvalue weighted by atomic mass is 10.0. The van der Waals surface area contributed by atoms with Gasteiger partial charge in [-0.2, -0.15) is 0 Å². The third-order valence-corrected chi connectivity index (χ3v) is 1.94. The van der Waals surface area contributed by atoms with Crippen LogP contribution in [-0.4, -0.2) is 5.91 Å². The molecule has 0 heterocycles. The Morgan fingerprint density at radius 3 is 2.62 bits per heavy atom. The van der Waals surface area contributed by atoms with Gasteiger partial charge in [-0.25, -0.2) is 4.39 Å². The number of hydrogen-bond donors (Lipinski definition) is 1. The van der Waals surface area contributed by atoms with Gasteiger partial charge in [-0.1, -0.05) is 17.7 Å². The fraction of sp³-hybridized carbons (Fsp3) is 0.111. The molecule has 0 bridgehead atoms. The summed E-state index contributed by atoms with van der Waals surface area (Å²) in [5, 5.41) is 0.290. The van der Waals surface area contributed by atoms with E-state index in [1.54, 1.807) is 0 Å². The molecule has 0 atom stereocenters. The van der Waals surface area contributed by atoms with E-state index in [1.165, 1.54) is 19.1 Å². The predicted octanol–water partition coefficient (Wildman–Crippen LogP) is 1.91. The van der Waals surface area contributed by atoms with Crippen LogP contribution in [0.3, 0.4) is 0 Å². The van der Waals surface area contributed by atoms with Gasteiger partial charge in [0.05, 0.1) is 5.92 Å². The number of benzene rings is 1. The van der Waals surface area contributed by atoms with Crippen LogP contribution >= 0.6 is 11.6 Å². The van der Waals surface area contributed by atoms with Crippen molar-refractivity contribution in [2.45, 2.75) is 6.92 Å². The number of carbonyl (C=O) groups excluding carboxylic acids is 1. The van der Waals surface area contributed by atoms with Gasteiger partial charge in [0.15, 0.2) is 0 Å². The first kappa shape index (κ1) is 9.99. The van der Waals surface area contributed by atoms with Gasteiger partial charge in [-0.3, -0.25) is 4.79 Å². The van der Waals surface area contributed by atoms with Crippen LogP contribution < -0.4 is 5.73 Å². The summed E-state index contributed by atoms with van der Waals surface area (Å²) in [6.07, 6.45) is 0. The van der Waals surface area contributed by atoms with Crippen LogP contribution in [0.25, 0.3) is 0 Å². The van der Waals surface area contributed by atoms with Crippen LogP contribution in [0.15, 0.2) is 18.2 Å². The average Bonchev–Trinajstić information content (AvgIpc) is 2.03. The van der Waals surface area contributed by atoms with Crippen molar-refractivity contribution in [3.8, 4) is 0 Å². The number of carbonyl (C=O) groups is 1. The monoisotopic (exact) mass is 200 g/mol. The standard InChI is InChI=1S/C9H8ClFNO/c1-5(9(12)13)7-3-2-6(10)4-8(7)11/h2-4H,1H3,(H2,12,13). The lowest BCUT2D eigenvalue weighted by molar-refractivity contribution is -0.115. The van der Waals surface area contributed by atoms with E-state index in [0.717, 1.165) is 6.07 Å².